The van der Waals surface area contributed by atoms with Crippen LogP contribution < -0.4 is 10.6 Å². The summed E-state index contributed by atoms with van der Waals surface area (Å²) < 4.78 is 5.77. The molecule has 0 aliphatic rings. The Hall–Kier alpha value is -3.72. The molecule has 2 N–H and O–H groups in total. The van der Waals surface area contributed by atoms with Crippen LogP contribution in [0.2, 0.25) is 0 Å². The molecule has 8 nitrogen and oxygen atoms in total. The van der Waals surface area contributed by atoms with E-state index in [1.165, 1.54) is 12.1 Å². The monoisotopic (exact) mass is 455 g/mol. The van der Waals surface area contributed by atoms with Gasteiger partial charge in [-0.15, -0.1) is 0 Å². The lowest BCUT2D eigenvalue weighted by Crippen LogP contribution is -2.30. The summed E-state index contributed by atoms with van der Waals surface area (Å²) in [7, 11) is 0. The minimum atomic E-state index is -0.693. The van der Waals surface area contributed by atoms with Crippen LogP contribution in [0.15, 0.2) is 81.3 Å². The van der Waals surface area contributed by atoms with Gasteiger partial charge in [-0.1, -0.05) is 40.2 Å². The van der Waals surface area contributed by atoms with Crippen molar-refractivity contribution in [1.29, 1.82) is 0 Å². The molecule has 0 saturated carbocycles. The molecule has 1 heterocycles. The van der Waals surface area contributed by atoms with Crippen molar-refractivity contribution in [3.63, 3.8) is 0 Å². The van der Waals surface area contributed by atoms with Gasteiger partial charge in [-0.25, -0.2) is 0 Å². The fraction of sp³-hybridized carbons (Fsp3) is 0. The lowest BCUT2D eigenvalue weighted by Gasteiger charge is -2.11. The van der Waals surface area contributed by atoms with E-state index in [2.05, 4.69) is 26.6 Å². The normalized spacial score (nSPS) is 11.0. The van der Waals surface area contributed by atoms with Gasteiger partial charge in [-0.2, -0.15) is 0 Å². The smallest absolute Gasteiger partial charge is 0.401 e. The topological polar surface area (TPSA) is 114 Å². The quantitative estimate of drug-likeness (QED) is 0.325. The number of rotatable bonds is 6. The highest BCUT2D eigenvalue weighted by Gasteiger charge is 2.17. The molecule has 1 aromatic heterocycles. The van der Waals surface area contributed by atoms with Crippen molar-refractivity contribution in [1.82, 2.24) is 5.32 Å². The van der Waals surface area contributed by atoms with Crippen LogP contribution in [-0.2, 0) is 4.79 Å². The Morgan fingerprint density at radius 1 is 1.03 bits per heavy atom. The lowest BCUT2D eigenvalue weighted by atomic mass is 10.2. The molecule has 0 unspecified atom stereocenters. The van der Waals surface area contributed by atoms with Gasteiger partial charge in [0.05, 0.1) is 6.07 Å². The standard InChI is InChI=1S/C20H14BrN3O5/c21-14-6-4-5-13(11-14)19(25)23-17(12-16-9-10-18(29-16)24(27)28)20(26)22-15-7-2-1-3-8-15/h1-12H,(H,22,26)(H,23,25)/b17-12+. The zero-order valence-corrected chi connectivity index (χ0v) is 16.4. The average molecular weight is 456 g/mol. The molecule has 0 atom stereocenters. The van der Waals surface area contributed by atoms with E-state index in [-0.39, 0.29) is 11.5 Å². The first-order valence-corrected chi connectivity index (χ1v) is 9.11. The van der Waals surface area contributed by atoms with Crippen LogP contribution in [0, 0.1) is 10.1 Å². The average Bonchev–Trinajstić information content (AvgIpc) is 3.17. The summed E-state index contributed by atoms with van der Waals surface area (Å²) in [5.74, 6) is -1.57. The SMILES string of the molecule is O=C(Nc1ccccc1)/C(=C\c1ccc([N+](=O)[O-])o1)NC(=O)c1cccc(Br)c1. The molecule has 0 fully saturated rings. The Morgan fingerprint density at radius 2 is 1.79 bits per heavy atom. The molecule has 3 aromatic rings. The predicted octanol–water partition coefficient (Wildman–Crippen LogP) is 4.36. The molecular weight excluding hydrogens is 442 g/mol. The largest absolute Gasteiger partial charge is 0.433 e. The molecule has 3 rings (SSSR count). The van der Waals surface area contributed by atoms with Crippen LogP contribution >= 0.6 is 15.9 Å². The van der Waals surface area contributed by atoms with Crippen molar-refractivity contribution in [2.45, 2.75) is 0 Å². The van der Waals surface area contributed by atoms with Crippen LogP contribution in [0.3, 0.4) is 0 Å². The number of para-hydroxylation sites is 1. The number of furan rings is 1. The highest BCUT2D eigenvalue weighted by Crippen LogP contribution is 2.19. The Kier molecular flexibility index (Phi) is 6.20. The zero-order valence-electron chi connectivity index (χ0n) is 14.8. The maximum absolute atomic E-state index is 12.7. The third kappa shape index (κ3) is 5.39. The predicted molar refractivity (Wildman–Crippen MR) is 110 cm³/mol. The summed E-state index contributed by atoms with van der Waals surface area (Å²) >= 11 is 3.29. The molecular formula is C20H14BrN3O5. The number of hydrogen-bond donors (Lipinski definition) is 2. The molecule has 0 aliphatic carbocycles. The van der Waals surface area contributed by atoms with E-state index in [9.17, 15) is 19.7 Å². The molecule has 29 heavy (non-hydrogen) atoms. The second-order valence-corrected chi connectivity index (χ2v) is 6.69. The first kappa shape index (κ1) is 20.0. The van der Waals surface area contributed by atoms with Gasteiger partial charge in [0.2, 0.25) is 0 Å². The summed E-state index contributed by atoms with van der Waals surface area (Å²) in [4.78, 5) is 35.4. The van der Waals surface area contributed by atoms with Crippen LogP contribution in [0.1, 0.15) is 16.1 Å². The van der Waals surface area contributed by atoms with Gasteiger partial charge in [0.1, 0.15) is 16.4 Å². The fourth-order valence-corrected chi connectivity index (χ4v) is 2.76. The minimum Gasteiger partial charge on any atom is -0.401 e. The van der Waals surface area contributed by atoms with Crippen molar-refractivity contribution in [3.05, 3.63) is 98.3 Å². The Labute approximate surface area is 173 Å². The number of nitro groups is 1. The van der Waals surface area contributed by atoms with E-state index in [1.807, 2.05) is 0 Å². The van der Waals surface area contributed by atoms with E-state index in [0.29, 0.717) is 15.7 Å². The summed E-state index contributed by atoms with van der Waals surface area (Å²) in [5, 5.41) is 16.0. The van der Waals surface area contributed by atoms with Gasteiger partial charge >= 0.3 is 5.88 Å². The second-order valence-electron chi connectivity index (χ2n) is 5.78. The van der Waals surface area contributed by atoms with E-state index in [0.717, 1.165) is 6.07 Å². The fourth-order valence-electron chi connectivity index (χ4n) is 2.36. The summed E-state index contributed by atoms with van der Waals surface area (Å²) in [5.41, 5.74) is 0.705. The van der Waals surface area contributed by atoms with Gasteiger partial charge in [-0.05, 0) is 36.4 Å². The number of carbonyl (C=O) groups is 2. The van der Waals surface area contributed by atoms with Crippen LogP contribution in [0.5, 0.6) is 0 Å². The third-order valence-electron chi connectivity index (χ3n) is 3.69. The van der Waals surface area contributed by atoms with Gasteiger partial charge in [0.25, 0.3) is 11.8 Å². The number of amides is 2. The molecule has 0 radical (unpaired) electrons. The van der Waals surface area contributed by atoms with Crippen LogP contribution in [0.25, 0.3) is 6.08 Å². The van der Waals surface area contributed by atoms with E-state index in [1.54, 1.807) is 54.6 Å². The molecule has 2 aromatic carbocycles. The summed E-state index contributed by atoms with van der Waals surface area (Å²) in [6, 6.07) is 17.8. The molecule has 2 amide bonds. The van der Waals surface area contributed by atoms with Gasteiger partial charge in [-0.3, -0.25) is 19.7 Å². The molecule has 0 bridgehead atoms. The molecule has 0 saturated heterocycles. The Bertz CT molecular complexity index is 1090. The van der Waals surface area contributed by atoms with Crippen molar-refractivity contribution >= 4 is 45.4 Å². The summed E-state index contributed by atoms with van der Waals surface area (Å²) in [6.07, 6.45) is 1.22. The number of anilines is 1. The molecule has 9 heteroatoms. The van der Waals surface area contributed by atoms with Crippen molar-refractivity contribution in [2.24, 2.45) is 0 Å². The minimum absolute atomic E-state index is 0.0458. The van der Waals surface area contributed by atoms with E-state index >= 15 is 0 Å². The van der Waals surface area contributed by atoms with E-state index < -0.39 is 22.6 Å². The lowest BCUT2D eigenvalue weighted by molar-refractivity contribution is -0.402. The number of halogens is 1. The third-order valence-corrected chi connectivity index (χ3v) is 4.18. The molecule has 146 valence electrons. The van der Waals surface area contributed by atoms with Gasteiger partial charge < -0.3 is 15.1 Å². The van der Waals surface area contributed by atoms with Crippen molar-refractivity contribution in [3.8, 4) is 0 Å². The van der Waals surface area contributed by atoms with Gasteiger partial charge in [0.15, 0.2) is 0 Å². The number of carbonyl (C=O) groups excluding carboxylic acids is 2. The highest BCUT2D eigenvalue weighted by molar-refractivity contribution is 9.10. The highest BCUT2D eigenvalue weighted by atomic mass is 79.9. The molecule has 0 aliphatic heterocycles. The van der Waals surface area contributed by atoms with Crippen LogP contribution in [-0.4, -0.2) is 16.7 Å². The summed E-state index contributed by atoms with van der Waals surface area (Å²) in [6.45, 7) is 0. The number of nitrogens with zero attached hydrogens (tertiary/aromatic N) is 1. The number of benzene rings is 2. The number of hydrogen-bond acceptors (Lipinski definition) is 5. The second kappa shape index (κ2) is 8.98. The van der Waals surface area contributed by atoms with Crippen molar-refractivity contribution < 1.29 is 18.9 Å². The first-order valence-electron chi connectivity index (χ1n) is 8.31. The van der Waals surface area contributed by atoms with Crippen molar-refractivity contribution in [2.75, 3.05) is 5.32 Å². The van der Waals surface area contributed by atoms with Gasteiger partial charge in [0, 0.05) is 21.8 Å². The number of nitrogens with one attached hydrogen (secondary N) is 2. The van der Waals surface area contributed by atoms with E-state index in [4.69, 9.17) is 4.42 Å². The maximum Gasteiger partial charge on any atom is 0.433 e. The first-order chi connectivity index (χ1) is 13.9. The maximum atomic E-state index is 12.7. The molecule has 0 spiro atoms. The Morgan fingerprint density at radius 3 is 2.45 bits per heavy atom. The van der Waals surface area contributed by atoms with Crippen LogP contribution in [0.4, 0.5) is 11.6 Å². The Balaban J connectivity index is 1.89. The zero-order chi connectivity index (χ0) is 20.8.